The van der Waals surface area contributed by atoms with Crippen molar-refractivity contribution in [3.8, 4) is 17.2 Å². The van der Waals surface area contributed by atoms with Gasteiger partial charge in [0.15, 0.2) is 19.8 Å². The maximum Gasteiger partial charge on any atom is 1.00 e. The zero-order valence-electron chi connectivity index (χ0n) is 51.1. The Kier molecular flexibility index (Phi) is 27.2. The number of nitrogens with one attached hydrogen (secondary N) is 3. The van der Waals surface area contributed by atoms with Crippen LogP contribution in [0.3, 0.4) is 0 Å². The number of carbonyl (C=O) groups excluding carboxylic acids is 6. The van der Waals surface area contributed by atoms with Gasteiger partial charge in [-0.1, -0.05) is 53.1 Å². The number of carbonyl (C=O) groups is 6. The van der Waals surface area contributed by atoms with Crippen LogP contribution in [0.5, 0.6) is 17.2 Å². The number of amides is 6. The molecule has 20 heteroatoms. The first-order chi connectivity index (χ1) is 40.5. The minimum Gasteiger partial charge on any atom is -1.00 e. The van der Waals surface area contributed by atoms with E-state index in [2.05, 4.69) is 16.0 Å². The number of fused-ring (bicyclic) bond motifs is 6. The minimum atomic E-state index is -0.453. The second-order valence-electron chi connectivity index (χ2n) is 20.4. The fraction of sp³-hybridized carbons (Fsp3) is 0.364. The van der Waals surface area contributed by atoms with E-state index in [4.69, 9.17) is 28.4 Å². The van der Waals surface area contributed by atoms with Crippen molar-refractivity contribution in [1.82, 2.24) is 14.7 Å². The van der Waals surface area contributed by atoms with Crippen LogP contribution in [0.2, 0.25) is 0 Å². The van der Waals surface area contributed by atoms with Gasteiger partial charge in [0.2, 0.25) is 0 Å². The Morgan fingerprint density at radius 1 is 0.372 bits per heavy atom. The van der Waals surface area contributed by atoms with Crippen LogP contribution < -0.4 is 61.4 Å². The SMILES string of the molecule is CCN(CC)C(=O)COc1c2cc(C(=O)Nc3ccc(C)cc3)cc1COCc1cc(C(=O)Nc3ccc(C)cc3)cc(c1OCC(=O)N(CC)CC)COCc1cc(C(=O)Nc3ccc(C)cc3)cc(c1OCC(=O)N(CC)CC)COC2.[Cl-].[Li+]. The summed E-state index contributed by atoms with van der Waals surface area (Å²) >= 11 is 0. The predicted molar refractivity (Wildman–Crippen MR) is 322 cm³/mol. The van der Waals surface area contributed by atoms with E-state index in [9.17, 15) is 28.8 Å². The van der Waals surface area contributed by atoms with E-state index in [-0.39, 0.29) is 142 Å². The second-order valence-corrected chi connectivity index (χ2v) is 20.4. The molecule has 7 rings (SSSR count). The van der Waals surface area contributed by atoms with Crippen molar-refractivity contribution in [1.29, 1.82) is 0 Å². The van der Waals surface area contributed by atoms with Gasteiger partial charge >= 0.3 is 18.9 Å². The normalized spacial score (nSPS) is 12.1. The van der Waals surface area contributed by atoms with Crippen LogP contribution in [0, 0.1) is 20.8 Å². The van der Waals surface area contributed by atoms with Gasteiger partial charge in [-0.05, 0) is 135 Å². The predicted octanol–water partition coefficient (Wildman–Crippen LogP) is 4.58. The van der Waals surface area contributed by atoms with Crippen molar-refractivity contribution < 1.29 is 88.5 Å². The molecule has 0 atom stereocenters. The van der Waals surface area contributed by atoms with Crippen molar-refractivity contribution in [3.05, 3.63) is 176 Å². The summed E-state index contributed by atoms with van der Waals surface area (Å²) in [6.07, 6.45) is 0. The van der Waals surface area contributed by atoms with Gasteiger partial charge < -0.3 is 71.5 Å². The third-order valence-corrected chi connectivity index (χ3v) is 14.4. The van der Waals surface area contributed by atoms with Gasteiger partial charge in [0.1, 0.15) is 17.2 Å². The first-order valence-electron chi connectivity index (χ1n) is 28.6. The Hall–Kier alpha value is -7.69. The van der Waals surface area contributed by atoms with E-state index in [1.165, 1.54) is 0 Å². The molecule has 0 saturated carbocycles. The Morgan fingerprint density at radius 2 is 0.570 bits per heavy atom. The van der Waals surface area contributed by atoms with Crippen LogP contribution in [0.25, 0.3) is 0 Å². The van der Waals surface area contributed by atoms with Crippen LogP contribution in [-0.2, 0) is 68.2 Å². The van der Waals surface area contributed by atoms with Gasteiger partial charge in [0, 0.05) is 106 Å². The van der Waals surface area contributed by atoms with Crippen LogP contribution in [-0.4, -0.2) is 109 Å². The molecule has 0 radical (unpaired) electrons. The molecule has 0 aliphatic carbocycles. The Labute approximate surface area is 523 Å². The van der Waals surface area contributed by atoms with E-state index in [1.54, 1.807) is 87.5 Å². The molecule has 6 aromatic carbocycles. The number of halogens is 1. The number of likely N-dealkylation sites (N-methyl/N-ethyl adjacent to an activating group) is 3. The molecule has 0 aromatic heterocycles. The maximum absolute atomic E-state index is 14.4. The molecule has 452 valence electrons. The van der Waals surface area contributed by atoms with Crippen LogP contribution in [0.1, 0.15) is 123 Å². The molecule has 3 N–H and O–H groups in total. The molecule has 6 amide bonds. The molecule has 1 aliphatic heterocycles. The standard InChI is InChI=1S/C66H78N6O12.ClH.Li/c1-10-70(11-2)58(73)40-82-61-49-28-46(64(76)67-55-22-16-43(7)17-23-55)29-50(61)35-80-37-52-31-48(66(78)69-57-26-20-45(9)21-27-57)33-54(63(52)84-42-60(75)72(14-5)15-6)39-81-38-53-32-47(65(77)68-56-24-18-44(8)19-25-56)30-51(36-79-34-49)62(53)83-41-59(74)71(12-3)13-4;;/h16-33H,10-15,34-42H2,1-9H3,(H,67,76)(H,68,77)(H,69,78);1H;/q;;+1/p-1. The zero-order chi connectivity index (χ0) is 60.3. The molecule has 18 nitrogen and oxygen atoms in total. The maximum atomic E-state index is 14.4. The number of aryl methyl sites for hydroxylation is 3. The zero-order valence-corrected chi connectivity index (χ0v) is 51.9. The van der Waals surface area contributed by atoms with Crippen molar-refractivity contribution in [3.63, 3.8) is 0 Å². The summed E-state index contributed by atoms with van der Waals surface area (Å²) in [7, 11) is 0. The number of rotatable bonds is 21. The van der Waals surface area contributed by atoms with Gasteiger partial charge in [0.05, 0.1) is 39.6 Å². The average Bonchev–Trinajstić information content (AvgIpc) is 2.41. The number of hydrogen-bond acceptors (Lipinski definition) is 12. The number of nitrogens with zero attached hydrogens (tertiary/aromatic N) is 3. The van der Waals surface area contributed by atoms with Crippen molar-refractivity contribution in [2.75, 3.05) is 75.0 Å². The molecule has 6 aromatic rings. The molecule has 6 bridgehead atoms. The number of hydrogen-bond donors (Lipinski definition) is 3. The van der Waals surface area contributed by atoms with Gasteiger partial charge in [-0.25, -0.2) is 0 Å². The van der Waals surface area contributed by atoms with E-state index < -0.39 is 17.7 Å². The molecule has 1 aliphatic rings. The molecule has 0 unspecified atom stereocenters. The van der Waals surface area contributed by atoms with E-state index in [0.717, 1.165) is 16.7 Å². The summed E-state index contributed by atoms with van der Waals surface area (Å²) in [5.74, 6) is -1.53. The molecule has 86 heavy (non-hydrogen) atoms. The monoisotopic (exact) mass is 1190 g/mol. The van der Waals surface area contributed by atoms with E-state index in [0.29, 0.717) is 89.7 Å². The molecule has 1 heterocycles. The van der Waals surface area contributed by atoms with Gasteiger partial charge in [0.25, 0.3) is 35.4 Å². The van der Waals surface area contributed by atoms with Crippen LogP contribution in [0.4, 0.5) is 17.1 Å². The third-order valence-electron chi connectivity index (χ3n) is 14.4. The summed E-state index contributed by atoms with van der Waals surface area (Å²) in [6, 6.07) is 31.9. The Balaban J connectivity index is 0.00000675. The summed E-state index contributed by atoms with van der Waals surface area (Å²) in [6.45, 7) is 17.5. The summed E-state index contributed by atoms with van der Waals surface area (Å²) in [5, 5.41) is 8.97. The quantitative estimate of drug-likeness (QED) is 0.0849. The van der Waals surface area contributed by atoms with E-state index >= 15 is 0 Å². The van der Waals surface area contributed by atoms with Crippen molar-refractivity contribution >= 4 is 52.5 Å². The fourth-order valence-electron chi connectivity index (χ4n) is 9.59. The number of anilines is 3. The average molecular weight is 1190 g/mol. The molecular formula is C66H78ClLiN6O12. The van der Waals surface area contributed by atoms with Gasteiger partial charge in [-0.3, -0.25) is 28.8 Å². The third kappa shape index (κ3) is 18.9. The summed E-state index contributed by atoms with van der Waals surface area (Å²) in [5.41, 5.74) is 7.62. The Morgan fingerprint density at radius 3 is 0.756 bits per heavy atom. The molecule has 0 saturated heterocycles. The second kappa shape index (κ2) is 33.9. The first-order valence-corrected chi connectivity index (χ1v) is 28.6. The van der Waals surface area contributed by atoms with Crippen molar-refractivity contribution in [2.45, 2.75) is 102 Å². The number of ether oxygens (including phenoxy) is 6. The van der Waals surface area contributed by atoms with Crippen LogP contribution in [0.15, 0.2) is 109 Å². The first kappa shape index (κ1) is 69.1. The molecule has 0 fully saturated rings. The van der Waals surface area contributed by atoms with Crippen LogP contribution >= 0.6 is 0 Å². The largest absolute Gasteiger partial charge is 1.00 e. The topological polar surface area (TPSA) is 204 Å². The smallest absolute Gasteiger partial charge is 1.00 e. The molecular weight excluding hydrogens is 1110 g/mol. The molecule has 0 spiro atoms. The number of benzene rings is 6. The Bertz CT molecular complexity index is 2860. The van der Waals surface area contributed by atoms with Gasteiger partial charge in [-0.15, -0.1) is 0 Å². The van der Waals surface area contributed by atoms with Gasteiger partial charge in [-0.2, -0.15) is 0 Å². The summed E-state index contributed by atoms with van der Waals surface area (Å²) < 4.78 is 39.3. The van der Waals surface area contributed by atoms with E-state index in [1.807, 2.05) is 98.7 Å². The summed E-state index contributed by atoms with van der Waals surface area (Å²) in [4.78, 5) is 89.2. The van der Waals surface area contributed by atoms with Crippen molar-refractivity contribution in [2.24, 2.45) is 0 Å². The fourth-order valence-corrected chi connectivity index (χ4v) is 9.59. The minimum absolute atomic E-state index is 0.